The molecule has 0 unspecified atom stereocenters. The van der Waals surface area contributed by atoms with Gasteiger partial charge in [-0.2, -0.15) is 0 Å². The molecule has 0 saturated carbocycles. The molecule has 0 amide bonds. The summed E-state index contributed by atoms with van der Waals surface area (Å²) in [5.41, 5.74) is 22.6. The van der Waals surface area contributed by atoms with Gasteiger partial charge in [-0.15, -0.1) is 0 Å². The molecular weight excluding hydrogens is 1090 g/mol. The van der Waals surface area contributed by atoms with Gasteiger partial charge >= 0.3 is 0 Å². The van der Waals surface area contributed by atoms with Crippen LogP contribution in [-0.2, 0) is 10.8 Å². The van der Waals surface area contributed by atoms with Gasteiger partial charge in [-0.1, -0.05) is 266 Å². The molecule has 0 radical (unpaired) electrons. The molecule has 0 spiro atoms. The first-order valence-corrected chi connectivity index (χ1v) is 31.6. The summed E-state index contributed by atoms with van der Waals surface area (Å²) in [6.07, 6.45) is 0. The van der Waals surface area contributed by atoms with Gasteiger partial charge in [0.25, 0.3) is 0 Å². The van der Waals surface area contributed by atoms with Crippen molar-refractivity contribution in [1.82, 2.24) is 0 Å². The van der Waals surface area contributed by atoms with Crippen LogP contribution in [0, 0.1) is 0 Å². The first-order valence-electron chi connectivity index (χ1n) is 31.6. The van der Waals surface area contributed by atoms with E-state index in [9.17, 15) is 0 Å². The lowest BCUT2D eigenvalue weighted by Gasteiger charge is -2.23. The molecule has 18 rings (SSSR count). The largest absolute Gasteiger partial charge is 0.456 e. The van der Waals surface area contributed by atoms with Gasteiger partial charge in [-0.05, 0) is 201 Å². The Hall–Kier alpha value is -10.8. The Bertz CT molecular complexity index is 5900. The Balaban J connectivity index is 0.772. The molecule has 0 aliphatic rings. The van der Waals surface area contributed by atoms with Gasteiger partial charge in [0.15, 0.2) is 0 Å². The van der Waals surface area contributed by atoms with Crippen molar-refractivity contribution in [3.63, 3.8) is 0 Å². The molecule has 2 aromatic heterocycles. The topological polar surface area (TPSA) is 26.3 Å². The fraction of sp³-hybridized carbons (Fsp3) is 0.0909. The highest BCUT2D eigenvalue weighted by Gasteiger charge is 2.25. The van der Waals surface area contributed by atoms with E-state index in [1.54, 1.807) is 0 Å². The Labute approximate surface area is 522 Å². The highest BCUT2D eigenvalue weighted by molar-refractivity contribution is 6.30. The monoisotopic (exact) mass is 1150 g/mol. The van der Waals surface area contributed by atoms with Crippen LogP contribution < -0.4 is 0 Å². The van der Waals surface area contributed by atoms with E-state index in [1.807, 2.05) is 6.07 Å². The summed E-state index contributed by atoms with van der Waals surface area (Å²) in [5.74, 6) is 0. The first kappa shape index (κ1) is 52.3. The minimum atomic E-state index is 0.00445. The lowest BCUT2D eigenvalue weighted by Crippen LogP contribution is -2.10. The van der Waals surface area contributed by atoms with Gasteiger partial charge in [-0.3, -0.25) is 0 Å². The number of hydrogen-bond donors (Lipinski definition) is 0. The number of benzene rings is 16. The molecule has 0 aliphatic carbocycles. The fourth-order valence-corrected chi connectivity index (χ4v) is 15.0. The van der Waals surface area contributed by atoms with E-state index in [-0.39, 0.29) is 10.8 Å². The van der Waals surface area contributed by atoms with Crippen LogP contribution in [0.5, 0.6) is 0 Å². The maximum absolute atomic E-state index is 6.80. The summed E-state index contributed by atoms with van der Waals surface area (Å²) in [6, 6.07) is 99.7. The average molecular weight is 1150 g/mol. The van der Waals surface area contributed by atoms with Crippen molar-refractivity contribution in [2.45, 2.75) is 52.4 Å². The highest BCUT2D eigenvalue weighted by Crippen LogP contribution is 2.50. The zero-order chi connectivity index (χ0) is 60.3. The first-order chi connectivity index (χ1) is 43.8. The summed E-state index contributed by atoms with van der Waals surface area (Å²) in [4.78, 5) is 0. The minimum Gasteiger partial charge on any atom is -0.456 e. The predicted octanol–water partition coefficient (Wildman–Crippen LogP) is 25.5. The SMILES string of the molecule is CC(C)(C)c1cc2ccc3c(-c4ccccc4)cc(-c4ccc(-c5cc(-c6ccc(-c7cc(-c8cccc(-c9cccc%10c9oc9ccccc9%10)c8)c8ccc9cc(C(C)(C)C)cc%10ccc7c8c%109)cc6)cc6oc7ccccc7c56)cc4)c4ccc(c1)c2c34. The van der Waals surface area contributed by atoms with E-state index in [0.29, 0.717) is 0 Å². The van der Waals surface area contributed by atoms with Crippen LogP contribution in [0.3, 0.4) is 0 Å². The highest BCUT2D eigenvalue weighted by atomic mass is 16.3. The van der Waals surface area contributed by atoms with E-state index in [2.05, 4.69) is 302 Å². The van der Waals surface area contributed by atoms with Gasteiger partial charge in [-0.25, -0.2) is 0 Å². The van der Waals surface area contributed by atoms with Crippen molar-refractivity contribution < 1.29 is 8.83 Å². The third kappa shape index (κ3) is 8.10. The maximum Gasteiger partial charge on any atom is 0.143 e. The maximum atomic E-state index is 6.80. The molecule has 0 aliphatic heterocycles. The lowest BCUT2D eigenvalue weighted by molar-refractivity contribution is 0.591. The third-order valence-corrected chi connectivity index (χ3v) is 19.7. The molecule has 0 saturated heterocycles. The second-order valence-electron chi connectivity index (χ2n) is 27.1. The van der Waals surface area contributed by atoms with Gasteiger partial charge < -0.3 is 8.83 Å². The molecule has 2 heteroatoms. The quantitative estimate of drug-likeness (QED) is 0.149. The molecule has 0 fully saturated rings. The molecule has 90 heavy (non-hydrogen) atoms. The number of hydrogen-bond acceptors (Lipinski definition) is 2. The number of fused-ring (bicyclic) bond motifs is 6. The van der Waals surface area contributed by atoms with E-state index in [4.69, 9.17) is 8.83 Å². The molecule has 0 bridgehead atoms. The van der Waals surface area contributed by atoms with Gasteiger partial charge in [0, 0.05) is 27.1 Å². The van der Waals surface area contributed by atoms with E-state index in [0.717, 1.165) is 88.4 Å². The van der Waals surface area contributed by atoms with Crippen molar-refractivity contribution in [3.05, 3.63) is 278 Å². The standard InChI is InChI=1S/C88H62O2/c1-87(2,3)63-43-58-34-38-67-73(52-16-8-7-9-17-52)49-74(68-39-35-59(44-63)81(58)84(67)68)54-30-32-55(33-31-54)77-47-62(48-80-83(77)72-21-11-13-25-79(72)89-80)51-26-28-53(29-27-51)75-50-76(70-41-37-61-46-64(88(4,5)6)45-60-36-40-69(75)85(70)82(60)61)57-19-14-18-56(42-57)65-22-15-23-71-66-20-10-12-24-78(66)90-86(65)71/h7-50H,1-6H3. The van der Waals surface area contributed by atoms with Crippen LogP contribution in [-0.4, -0.2) is 0 Å². The van der Waals surface area contributed by atoms with E-state index >= 15 is 0 Å². The zero-order valence-corrected chi connectivity index (χ0v) is 51.2. The predicted molar refractivity (Wildman–Crippen MR) is 384 cm³/mol. The van der Waals surface area contributed by atoms with Crippen molar-refractivity contribution in [1.29, 1.82) is 0 Å². The Morgan fingerprint density at radius 1 is 0.211 bits per heavy atom. The Morgan fingerprint density at radius 3 is 1.16 bits per heavy atom. The third-order valence-electron chi connectivity index (χ3n) is 19.7. The number of furan rings is 2. The summed E-state index contributed by atoms with van der Waals surface area (Å²) in [7, 11) is 0. The van der Waals surface area contributed by atoms with Gasteiger partial charge in [0.1, 0.15) is 22.3 Å². The van der Waals surface area contributed by atoms with Crippen LogP contribution in [0.25, 0.3) is 186 Å². The van der Waals surface area contributed by atoms with Gasteiger partial charge in [0.2, 0.25) is 0 Å². The van der Waals surface area contributed by atoms with Crippen molar-refractivity contribution in [3.8, 4) is 77.9 Å². The molecule has 16 aromatic carbocycles. The molecule has 426 valence electrons. The minimum absolute atomic E-state index is 0.00445. The van der Waals surface area contributed by atoms with Crippen LogP contribution in [0.4, 0.5) is 0 Å². The lowest BCUT2D eigenvalue weighted by atomic mass is 9.81. The fourth-order valence-electron chi connectivity index (χ4n) is 15.0. The Morgan fingerprint density at radius 2 is 0.622 bits per heavy atom. The molecular formula is C88H62O2. The van der Waals surface area contributed by atoms with Crippen molar-refractivity contribution in [2.24, 2.45) is 0 Å². The van der Waals surface area contributed by atoms with Crippen molar-refractivity contribution >= 4 is 109 Å². The average Bonchev–Trinajstić information content (AvgIpc) is 0.970. The summed E-state index contributed by atoms with van der Waals surface area (Å²) < 4.78 is 13.4. The molecule has 2 heterocycles. The number of para-hydroxylation sites is 3. The van der Waals surface area contributed by atoms with Crippen LogP contribution in [0.1, 0.15) is 52.7 Å². The smallest absolute Gasteiger partial charge is 0.143 e. The number of rotatable bonds is 7. The second kappa shape index (κ2) is 19.3. The van der Waals surface area contributed by atoms with Crippen LogP contribution >= 0.6 is 0 Å². The summed E-state index contributed by atoms with van der Waals surface area (Å²) >= 11 is 0. The molecule has 18 aromatic rings. The molecule has 2 nitrogen and oxygen atoms in total. The van der Waals surface area contributed by atoms with E-state index < -0.39 is 0 Å². The van der Waals surface area contributed by atoms with Crippen LogP contribution in [0.15, 0.2) is 276 Å². The Kier molecular flexibility index (Phi) is 11.3. The molecule has 0 atom stereocenters. The summed E-state index contributed by atoms with van der Waals surface area (Å²) in [6.45, 7) is 13.8. The van der Waals surface area contributed by atoms with Gasteiger partial charge in [0.05, 0.1) is 0 Å². The second-order valence-corrected chi connectivity index (χ2v) is 27.1. The zero-order valence-electron chi connectivity index (χ0n) is 51.2. The summed E-state index contributed by atoms with van der Waals surface area (Å²) in [5, 5.41) is 19.9. The van der Waals surface area contributed by atoms with E-state index in [1.165, 1.54) is 109 Å². The van der Waals surface area contributed by atoms with Crippen molar-refractivity contribution in [2.75, 3.05) is 0 Å². The normalized spacial score (nSPS) is 12.6. The van der Waals surface area contributed by atoms with Crippen LogP contribution in [0.2, 0.25) is 0 Å². The molecule has 0 N–H and O–H groups in total.